The van der Waals surface area contributed by atoms with Crippen LogP contribution in [0.15, 0.2) is 88.6 Å². The third kappa shape index (κ3) is 3.97. The number of nitrogens with one attached hydrogen (secondary N) is 1. The van der Waals surface area contributed by atoms with Crippen LogP contribution in [0.2, 0.25) is 0 Å². The highest BCUT2D eigenvalue weighted by Crippen LogP contribution is 2.47. The normalized spacial score (nSPS) is 24.4. The lowest BCUT2D eigenvalue weighted by molar-refractivity contribution is -0.152. The molecule has 1 fully saturated rings. The number of aliphatic hydroxyl groups is 2. The van der Waals surface area contributed by atoms with Crippen LogP contribution in [0.1, 0.15) is 17.4 Å². The standard InChI is InChI=1S/C29H27N3O6/c30-21-8-4-7-18(12-21)19-11-20-16-37-29(14-23(20)22(13-19)17-5-2-1-3-6-17)24(15-33)38-27(26(29)35)32-10-9-25(34)31-28(32)36/h1-13,24,26-27,33,35H,14-16,30H2,(H,31,34,36)/t24-,26+,27-,29-/m1/s1. The van der Waals surface area contributed by atoms with Crippen LogP contribution in [0, 0.1) is 0 Å². The van der Waals surface area contributed by atoms with Gasteiger partial charge in [-0.2, -0.15) is 0 Å². The van der Waals surface area contributed by atoms with Gasteiger partial charge in [0.25, 0.3) is 5.56 Å². The number of hydrogen-bond donors (Lipinski definition) is 4. The molecule has 38 heavy (non-hydrogen) atoms. The Bertz CT molecular complexity index is 1610. The summed E-state index contributed by atoms with van der Waals surface area (Å²) in [5.74, 6) is 0. The number of rotatable bonds is 4. The molecule has 0 aliphatic carbocycles. The Kier molecular flexibility index (Phi) is 6.00. The number of aromatic nitrogens is 2. The van der Waals surface area contributed by atoms with Crippen LogP contribution < -0.4 is 17.0 Å². The van der Waals surface area contributed by atoms with E-state index in [0.717, 1.165) is 37.9 Å². The Hall–Kier alpha value is -4.02. The van der Waals surface area contributed by atoms with Crippen LogP contribution in [0.4, 0.5) is 5.69 Å². The van der Waals surface area contributed by atoms with Gasteiger partial charge in [-0.05, 0) is 57.6 Å². The van der Waals surface area contributed by atoms with E-state index in [-0.39, 0.29) is 13.0 Å². The van der Waals surface area contributed by atoms with E-state index in [0.29, 0.717) is 5.69 Å². The van der Waals surface area contributed by atoms with Crippen LogP contribution >= 0.6 is 0 Å². The van der Waals surface area contributed by atoms with E-state index in [9.17, 15) is 19.8 Å². The van der Waals surface area contributed by atoms with Crippen LogP contribution in [0.5, 0.6) is 0 Å². The number of ether oxygens (including phenoxy) is 2. The summed E-state index contributed by atoms with van der Waals surface area (Å²) in [5.41, 5.74) is 9.95. The van der Waals surface area contributed by atoms with Crippen LogP contribution in [0.25, 0.3) is 22.3 Å². The zero-order chi connectivity index (χ0) is 26.4. The number of benzene rings is 3. The van der Waals surface area contributed by atoms with E-state index in [2.05, 4.69) is 17.1 Å². The van der Waals surface area contributed by atoms with E-state index < -0.39 is 41.9 Å². The molecule has 0 unspecified atom stereocenters. The number of nitrogens with zero attached hydrogens (tertiary/aromatic N) is 1. The molecular formula is C29H27N3O6. The van der Waals surface area contributed by atoms with Crippen molar-refractivity contribution in [3.05, 3.63) is 111 Å². The van der Waals surface area contributed by atoms with E-state index in [4.69, 9.17) is 15.2 Å². The van der Waals surface area contributed by atoms with Crippen molar-refractivity contribution in [2.75, 3.05) is 12.3 Å². The SMILES string of the molecule is Nc1cccc(-c2cc3c(c(-c4ccccc4)c2)C[C@@]2(OC3)[C@@H](CO)O[C@@H](n3ccc(=O)[nH]c3=O)[C@@H]2O)c1. The maximum absolute atomic E-state index is 12.5. The van der Waals surface area contributed by atoms with Crippen molar-refractivity contribution in [3.8, 4) is 22.3 Å². The van der Waals surface area contributed by atoms with Crippen molar-refractivity contribution in [1.82, 2.24) is 9.55 Å². The molecule has 2 aliphatic heterocycles. The van der Waals surface area contributed by atoms with Gasteiger partial charge in [-0.25, -0.2) is 4.79 Å². The zero-order valence-electron chi connectivity index (χ0n) is 20.4. The van der Waals surface area contributed by atoms with Crippen molar-refractivity contribution in [2.45, 2.75) is 37.1 Å². The highest BCUT2D eigenvalue weighted by Gasteiger charge is 2.59. The minimum atomic E-state index is -1.32. The fourth-order valence-corrected chi connectivity index (χ4v) is 5.60. The molecule has 1 saturated heterocycles. The number of fused-ring (bicyclic) bond motifs is 1. The van der Waals surface area contributed by atoms with Crippen molar-refractivity contribution in [1.29, 1.82) is 0 Å². The maximum Gasteiger partial charge on any atom is 0.330 e. The minimum absolute atomic E-state index is 0.162. The molecule has 4 aromatic rings. The van der Waals surface area contributed by atoms with Gasteiger partial charge in [0.05, 0.1) is 13.2 Å². The smallest absolute Gasteiger partial charge is 0.330 e. The Balaban J connectivity index is 1.47. The van der Waals surface area contributed by atoms with Gasteiger partial charge in [0.2, 0.25) is 0 Å². The van der Waals surface area contributed by atoms with Gasteiger partial charge in [-0.3, -0.25) is 14.3 Å². The number of aromatic amines is 1. The van der Waals surface area contributed by atoms with Gasteiger partial charge in [0, 0.05) is 24.4 Å². The summed E-state index contributed by atoms with van der Waals surface area (Å²) >= 11 is 0. The highest BCUT2D eigenvalue weighted by atomic mass is 16.6. The Morgan fingerprint density at radius 3 is 2.53 bits per heavy atom. The number of H-pyrrole nitrogens is 1. The number of nitrogen functional groups attached to an aromatic ring is 1. The van der Waals surface area contributed by atoms with Gasteiger partial charge in [-0.15, -0.1) is 0 Å². The predicted molar refractivity (Wildman–Crippen MR) is 141 cm³/mol. The van der Waals surface area contributed by atoms with Gasteiger partial charge in [-0.1, -0.05) is 42.5 Å². The molecule has 0 amide bonds. The molecule has 5 N–H and O–H groups in total. The van der Waals surface area contributed by atoms with Crippen molar-refractivity contribution in [2.24, 2.45) is 0 Å². The van der Waals surface area contributed by atoms with Gasteiger partial charge < -0.3 is 25.4 Å². The Morgan fingerprint density at radius 2 is 1.79 bits per heavy atom. The Labute approximate surface area is 217 Å². The first-order chi connectivity index (χ1) is 18.4. The largest absolute Gasteiger partial charge is 0.399 e. The third-order valence-electron chi connectivity index (χ3n) is 7.51. The lowest BCUT2D eigenvalue weighted by Gasteiger charge is -2.41. The summed E-state index contributed by atoms with van der Waals surface area (Å²) < 4.78 is 13.4. The first-order valence-electron chi connectivity index (χ1n) is 12.4. The van der Waals surface area contributed by atoms with Crippen molar-refractivity contribution >= 4 is 5.69 Å². The first kappa shape index (κ1) is 24.3. The summed E-state index contributed by atoms with van der Waals surface area (Å²) in [5, 5.41) is 21.8. The third-order valence-corrected chi connectivity index (χ3v) is 7.51. The molecule has 9 nitrogen and oxygen atoms in total. The molecular weight excluding hydrogens is 486 g/mol. The molecule has 3 aromatic carbocycles. The average molecular weight is 514 g/mol. The second-order valence-corrected chi connectivity index (χ2v) is 9.73. The average Bonchev–Trinajstić information content (AvgIpc) is 3.19. The lowest BCUT2D eigenvalue weighted by Crippen LogP contribution is -2.55. The summed E-state index contributed by atoms with van der Waals surface area (Å²) in [6.45, 7) is -0.265. The molecule has 0 saturated carbocycles. The molecule has 6 rings (SSSR count). The molecule has 1 spiro atoms. The number of anilines is 1. The summed E-state index contributed by atoms with van der Waals surface area (Å²) in [4.78, 5) is 26.2. The fourth-order valence-electron chi connectivity index (χ4n) is 5.60. The summed E-state index contributed by atoms with van der Waals surface area (Å²) in [7, 11) is 0. The zero-order valence-corrected chi connectivity index (χ0v) is 20.4. The molecule has 4 atom stereocenters. The summed E-state index contributed by atoms with van der Waals surface area (Å²) in [6.07, 6.45) is -1.85. The van der Waals surface area contributed by atoms with E-state index in [1.54, 1.807) is 0 Å². The molecule has 194 valence electrons. The number of hydrogen-bond acceptors (Lipinski definition) is 7. The van der Waals surface area contributed by atoms with E-state index >= 15 is 0 Å². The molecule has 0 bridgehead atoms. The van der Waals surface area contributed by atoms with Crippen LogP contribution in [-0.2, 0) is 22.5 Å². The van der Waals surface area contributed by atoms with Crippen molar-refractivity contribution < 1.29 is 19.7 Å². The predicted octanol–water partition coefficient (Wildman–Crippen LogP) is 2.22. The van der Waals surface area contributed by atoms with Gasteiger partial charge >= 0.3 is 5.69 Å². The lowest BCUT2D eigenvalue weighted by atomic mass is 9.78. The second kappa shape index (κ2) is 9.38. The number of nitrogens with two attached hydrogens (primary N) is 1. The van der Waals surface area contributed by atoms with Gasteiger partial charge in [0.1, 0.15) is 17.8 Å². The molecule has 0 radical (unpaired) electrons. The summed E-state index contributed by atoms with van der Waals surface area (Å²) in [6, 6.07) is 22.9. The maximum atomic E-state index is 12.5. The van der Waals surface area contributed by atoms with Gasteiger partial charge in [0.15, 0.2) is 6.23 Å². The first-order valence-corrected chi connectivity index (χ1v) is 12.4. The van der Waals surface area contributed by atoms with Crippen LogP contribution in [-0.4, -0.2) is 44.2 Å². The molecule has 2 aliphatic rings. The van der Waals surface area contributed by atoms with E-state index in [1.807, 2.05) is 54.6 Å². The molecule has 1 aromatic heterocycles. The number of aliphatic hydroxyl groups excluding tert-OH is 2. The quantitative estimate of drug-likeness (QED) is 0.307. The van der Waals surface area contributed by atoms with E-state index in [1.165, 1.54) is 12.3 Å². The highest BCUT2D eigenvalue weighted by molar-refractivity contribution is 5.78. The second-order valence-electron chi connectivity index (χ2n) is 9.73. The molecule has 9 heteroatoms. The fraction of sp³-hybridized carbons (Fsp3) is 0.241. The topological polar surface area (TPSA) is 140 Å². The Morgan fingerprint density at radius 1 is 1.00 bits per heavy atom. The minimum Gasteiger partial charge on any atom is -0.399 e. The van der Waals surface area contributed by atoms with Crippen molar-refractivity contribution in [3.63, 3.8) is 0 Å². The molecule has 3 heterocycles. The monoisotopic (exact) mass is 513 g/mol. The van der Waals surface area contributed by atoms with Crippen LogP contribution in [0.3, 0.4) is 0 Å².